The van der Waals surface area contributed by atoms with E-state index in [4.69, 9.17) is 10.5 Å². The third-order valence-electron chi connectivity index (χ3n) is 7.11. The number of phenols is 1. The molecule has 0 saturated carbocycles. The molecule has 6 nitrogen and oxygen atoms in total. The van der Waals surface area contributed by atoms with Gasteiger partial charge in [-0.25, -0.2) is 0 Å². The van der Waals surface area contributed by atoms with Gasteiger partial charge in [0, 0.05) is 30.0 Å². The number of carbonyl (C=O) groups is 2. The van der Waals surface area contributed by atoms with Crippen LogP contribution in [-0.4, -0.2) is 41.5 Å². The van der Waals surface area contributed by atoms with Crippen LogP contribution in [0.2, 0.25) is 0 Å². The highest BCUT2D eigenvalue weighted by Crippen LogP contribution is 2.43. The van der Waals surface area contributed by atoms with E-state index in [0.717, 1.165) is 46.6 Å². The highest BCUT2D eigenvalue weighted by Gasteiger charge is 2.28. The number of Topliss-reactive ketones (excluding diaryl/α,β-unsaturated/α-hetero) is 2. The van der Waals surface area contributed by atoms with Gasteiger partial charge in [0.15, 0.2) is 17.3 Å². The van der Waals surface area contributed by atoms with Gasteiger partial charge in [0.1, 0.15) is 5.78 Å². The summed E-state index contributed by atoms with van der Waals surface area (Å²) in [5, 5.41) is 13.9. The Labute approximate surface area is 215 Å². The maximum atomic E-state index is 13.2. The summed E-state index contributed by atoms with van der Waals surface area (Å²) in [6, 6.07) is 3.52. The lowest BCUT2D eigenvalue weighted by Gasteiger charge is -2.27. The van der Waals surface area contributed by atoms with Gasteiger partial charge in [-0.1, -0.05) is 41.0 Å². The van der Waals surface area contributed by atoms with Crippen molar-refractivity contribution in [1.82, 2.24) is 5.32 Å². The topological polar surface area (TPSA) is 102 Å². The van der Waals surface area contributed by atoms with Gasteiger partial charge in [0.25, 0.3) is 0 Å². The van der Waals surface area contributed by atoms with Crippen LogP contribution in [0.1, 0.15) is 62.5 Å². The van der Waals surface area contributed by atoms with Crippen LogP contribution < -0.4 is 15.8 Å². The Morgan fingerprint density at radius 3 is 2.77 bits per heavy atom. The molecule has 4 bridgehead atoms. The normalized spacial score (nSPS) is 25.9. The van der Waals surface area contributed by atoms with Crippen molar-refractivity contribution < 1.29 is 19.4 Å². The standard InChI is InChI=1S/C27H34N2O4S2/c1-3-16-4-6-21(30)11-24(31)17-5-7-22(23-12-25(32)26(33-2)10-18(23)8-17)19-9-20(15-35-34-14-16)27(28)29-13-19/h8-10,12-13,16,22,27,29,32H,3-7,11,14-15,28H2,1-2H3/t16-,22+,27?/m1/s1. The molecular formula is C27H34N2O4S2. The number of rotatable bonds is 2. The molecule has 0 fully saturated rings. The van der Waals surface area contributed by atoms with Crippen molar-refractivity contribution in [2.24, 2.45) is 11.7 Å². The third kappa shape index (κ3) is 6.16. The van der Waals surface area contributed by atoms with E-state index < -0.39 is 0 Å². The summed E-state index contributed by atoms with van der Waals surface area (Å²) < 4.78 is 5.35. The number of carbonyl (C=O) groups excluding carboxylic acids is 2. The molecule has 3 aliphatic rings. The number of ketones is 2. The Hall–Kier alpha value is -2.16. The molecule has 4 rings (SSSR count). The lowest BCUT2D eigenvalue weighted by atomic mass is 9.84. The monoisotopic (exact) mass is 514 g/mol. The van der Waals surface area contributed by atoms with Crippen molar-refractivity contribution in [3.05, 3.63) is 52.3 Å². The van der Waals surface area contributed by atoms with Crippen LogP contribution in [0.3, 0.4) is 0 Å². The van der Waals surface area contributed by atoms with Crippen LogP contribution in [0.25, 0.3) is 6.08 Å². The average Bonchev–Trinajstić information content (AvgIpc) is 3.03. The predicted molar refractivity (Wildman–Crippen MR) is 144 cm³/mol. The molecule has 3 atom stereocenters. The summed E-state index contributed by atoms with van der Waals surface area (Å²) in [6.07, 6.45) is 9.24. The summed E-state index contributed by atoms with van der Waals surface area (Å²) >= 11 is 0. The van der Waals surface area contributed by atoms with Crippen LogP contribution in [0, 0.1) is 5.92 Å². The molecule has 1 aromatic carbocycles. The smallest absolute Gasteiger partial charge is 0.166 e. The van der Waals surface area contributed by atoms with E-state index in [-0.39, 0.29) is 35.8 Å². The molecule has 188 valence electrons. The Balaban J connectivity index is 1.75. The van der Waals surface area contributed by atoms with Crippen LogP contribution in [0.5, 0.6) is 11.5 Å². The number of allylic oxidation sites excluding steroid dienone is 3. The summed E-state index contributed by atoms with van der Waals surface area (Å²) in [7, 11) is 5.13. The fraction of sp³-hybridized carbons (Fsp3) is 0.481. The summed E-state index contributed by atoms with van der Waals surface area (Å²) in [4.78, 5) is 25.9. The van der Waals surface area contributed by atoms with Gasteiger partial charge in [0.05, 0.1) is 19.7 Å². The number of phenolic OH excluding ortho intramolecular Hbond substituents is 1. The Morgan fingerprint density at radius 2 is 2.00 bits per heavy atom. The first kappa shape index (κ1) is 25.9. The van der Waals surface area contributed by atoms with Crippen LogP contribution in [0.15, 0.2) is 41.1 Å². The molecule has 1 aliphatic carbocycles. The van der Waals surface area contributed by atoms with Gasteiger partial charge < -0.3 is 20.9 Å². The Morgan fingerprint density at radius 1 is 1.17 bits per heavy atom. The third-order valence-corrected chi connectivity index (χ3v) is 9.60. The van der Waals surface area contributed by atoms with Gasteiger partial charge in [-0.15, -0.1) is 0 Å². The highest BCUT2D eigenvalue weighted by molar-refractivity contribution is 8.76. The minimum atomic E-state index is -0.238. The van der Waals surface area contributed by atoms with Gasteiger partial charge >= 0.3 is 0 Å². The second-order valence-corrected chi connectivity index (χ2v) is 11.9. The highest BCUT2D eigenvalue weighted by atomic mass is 33.1. The summed E-state index contributed by atoms with van der Waals surface area (Å²) in [6.45, 7) is 2.16. The molecule has 0 saturated heterocycles. The predicted octanol–water partition coefficient (Wildman–Crippen LogP) is 5.09. The van der Waals surface area contributed by atoms with Crippen molar-refractivity contribution in [2.75, 3.05) is 18.6 Å². The SMILES string of the molecule is CC[C@@H]1CCC(=O)CC(=O)C2=Cc3cc(OC)c(O)cc3[C@@H](CC2)C2=CNC(N)C(=C2)CSSC1. The number of dihydropyridines is 1. The molecule has 8 heteroatoms. The fourth-order valence-electron chi connectivity index (χ4n) is 4.85. The van der Waals surface area contributed by atoms with E-state index in [2.05, 4.69) is 18.3 Å². The van der Waals surface area contributed by atoms with E-state index >= 15 is 0 Å². The van der Waals surface area contributed by atoms with E-state index in [9.17, 15) is 14.7 Å². The number of benzene rings is 1. The fourth-order valence-corrected chi connectivity index (χ4v) is 7.55. The van der Waals surface area contributed by atoms with Crippen molar-refractivity contribution in [3.63, 3.8) is 0 Å². The molecule has 0 amide bonds. The number of aromatic hydroxyl groups is 1. The van der Waals surface area contributed by atoms with Crippen molar-refractivity contribution in [2.45, 2.75) is 57.5 Å². The maximum Gasteiger partial charge on any atom is 0.166 e. The molecule has 0 radical (unpaired) electrons. The lowest BCUT2D eigenvalue weighted by Crippen LogP contribution is -2.39. The van der Waals surface area contributed by atoms with Crippen LogP contribution in [-0.2, 0) is 9.59 Å². The number of ether oxygens (including phenoxy) is 1. The zero-order valence-electron chi connectivity index (χ0n) is 20.3. The van der Waals surface area contributed by atoms with Crippen LogP contribution in [0.4, 0.5) is 0 Å². The zero-order valence-corrected chi connectivity index (χ0v) is 22.0. The van der Waals surface area contributed by atoms with Crippen molar-refractivity contribution in [1.29, 1.82) is 0 Å². The van der Waals surface area contributed by atoms with E-state index in [1.807, 2.05) is 23.1 Å². The quantitative estimate of drug-likeness (QED) is 0.371. The maximum absolute atomic E-state index is 13.2. The minimum Gasteiger partial charge on any atom is -0.504 e. The van der Waals surface area contributed by atoms with Crippen LogP contribution >= 0.6 is 21.6 Å². The lowest BCUT2D eigenvalue weighted by molar-refractivity contribution is -0.125. The van der Waals surface area contributed by atoms with E-state index in [1.165, 1.54) is 7.11 Å². The van der Waals surface area contributed by atoms with Gasteiger partial charge in [0.2, 0.25) is 0 Å². The largest absolute Gasteiger partial charge is 0.504 e. The molecule has 0 spiro atoms. The van der Waals surface area contributed by atoms with E-state index in [1.54, 1.807) is 22.9 Å². The van der Waals surface area contributed by atoms with Gasteiger partial charge in [-0.05, 0) is 71.2 Å². The molecule has 0 aromatic heterocycles. The average molecular weight is 515 g/mol. The molecule has 1 unspecified atom stereocenters. The first-order valence-electron chi connectivity index (χ1n) is 12.2. The number of nitrogens with two attached hydrogens (primary N) is 1. The molecule has 2 heterocycles. The molecular weight excluding hydrogens is 480 g/mol. The first-order chi connectivity index (χ1) is 16.9. The van der Waals surface area contributed by atoms with E-state index in [0.29, 0.717) is 36.5 Å². The minimum absolute atomic E-state index is 0.0123. The van der Waals surface area contributed by atoms with Crippen molar-refractivity contribution >= 4 is 39.2 Å². The summed E-state index contributed by atoms with van der Waals surface area (Å²) in [5.74, 6) is 2.54. The van der Waals surface area contributed by atoms with Gasteiger partial charge in [-0.3, -0.25) is 9.59 Å². The number of fused-ring (bicyclic) bond motifs is 7. The zero-order chi connectivity index (χ0) is 24.9. The number of hydrogen-bond donors (Lipinski definition) is 3. The summed E-state index contributed by atoms with van der Waals surface area (Å²) in [5.41, 5.74) is 11.0. The first-order valence-corrected chi connectivity index (χ1v) is 14.7. The molecule has 35 heavy (non-hydrogen) atoms. The Bertz CT molecular complexity index is 1080. The van der Waals surface area contributed by atoms with Crippen molar-refractivity contribution in [3.8, 4) is 11.5 Å². The second-order valence-electron chi connectivity index (χ2n) is 9.42. The second kappa shape index (κ2) is 11.7. The molecule has 4 N–H and O–H groups in total. The number of methoxy groups -OCH3 is 1. The molecule has 1 aromatic rings. The Kier molecular flexibility index (Phi) is 8.68. The number of nitrogens with one attached hydrogen (secondary N) is 1. The number of hydrogen-bond acceptors (Lipinski definition) is 8. The molecule has 2 aliphatic heterocycles. The van der Waals surface area contributed by atoms with Gasteiger partial charge in [-0.2, -0.15) is 0 Å².